The number of rotatable bonds is 2. The van der Waals surface area contributed by atoms with Crippen LogP contribution in [0.15, 0.2) is 23.6 Å². The topological polar surface area (TPSA) is 29.5 Å². The molecule has 1 aromatic heterocycles. The number of hydrogen-bond donors (Lipinski definition) is 0. The average molecular weight is 277 g/mol. The van der Waals surface area contributed by atoms with Gasteiger partial charge in [0.25, 0.3) is 0 Å². The van der Waals surface area contributed by atoms with E-state index in [0.29, 0.717) is 6.61 Å². The highest BCUT2D eigenvalue weighted by Gasteiger charge is 2.27. The SMILES string of the molecule is O=C([C@H]1CCCOC1)N1CC=C(c2cccs2)CC1. The van der Waals surface area contributed by atoms with Crippen molar-refractivity contribution < 1.29 is 9.53 Å². The lowest BCUT2D eigenvalue weighted by molar-refractivity contribution is -0.139. The second-order valence-corrected chi connectivity index (χ2v) is 6.10. The number of amides is 1. The van der Waals surface area contributed by atoms with Crippen LogP contribution in [-0.4, -0.2) is 37.1 Å². The fourth-order valence-electron chi connectivity index (χ4n) is 2.75. The number of thiophene rings is 1. The van der Waals surface area contributed by atoms with Gasteiger partial charge in [-0.3, -0.25) is 4.79 Å². The Labute approximate surface area is 117 Å². The van der Waals surface area contributed by atoms with E-state index in [4.69, 9.17) is 4.74 Å². The molecule has 1 aromatic rings. The predicted molar refractivity (Wildman–Crippen MR) is 77.0 cm³/mol. The van der Waals surface area contributed by atoms with Gasteiger partial charge in [0.05, 0.1) is 12.5 Å². The van der Waals surface area contributed by atoms with Crippen molar-refractivity contribution in [3.8, 4) is 0 Å². The van der Waals surface area contributed by atoms with Crippen molar-refractivity contribution in [2.75, 3.05) is 26.3 Å². The van der Waals surface area contributed by atoms with E-state index in [9.17, 15) is 4.79 Å². The minimum atomic E-state index is 0.0884. The van der Waals surface area contributed by atoms with Crippen molar-refractivity contribution in [3.63, 3.8) is 0 Å². The van der Waals surface area contributed by atoms with Crippen molar-refractivity contribution in [1.29, 1.82) is 0 Å². The molecule has 2 aliphatic heterocycles. The summed E-state index contributed by atoms with van der Waals surface area (Å²) in [6.45, 7) is 3.02. The van der Waals surface area contributed by atoms with Gasteiger partial charge in [-0.1, -0.05) is 12.1 Å². The van der Waals surface area contributed by atoms with Crippen LogP contribution in [0.5, 0.6) is 0 Å². The lowest BCUT2D eigenvalue weighted by Gasteiger charge is -2.31. The molecule has 102 valence electrons. The van der Waals surface area contributed by atoms with Crippen LogP contribution in [-0.2, 0) is 9.53 Å². The summed E-state index contributed by atoms with van der Waals surface area (Å²) in [4.78, 5) is 15.7. The van der Waals surface area contributed by atoms with Crippen molar-refractivity contribution in [2.45, 2.75) is 19.3 Å². The number of ether oxygens (including phenoxy) is 1. The molecule has 19 heavy (non-hydrogen) atoms. The van der Waals surface area contributed by atoms with Crippen molar-refractivity contribution >= 4 is 22.8 Å². The first-order valence-electron chi connectivity index (χ1n) is 6.94. The Kier molecular flexibility index (Phi) is 3.99. The van der Waals surface area contributed by atoms with Gasteiger partial charge < -0.3 is 9.64 Å². The highest BCUT2D eigenvalue weighted by Crippen LogP contribution is 2.27. The minimum Gasteiger partial charge on any atom is -0.381 e. The van der Waals surface area contributed by atoms with E-state index in [1.807, 2.05) is 4.90 Å². The molecule has 3 rings (SSSR count). The molecule has 0 aromatic carbocycles. The number of hydrogen-bond acceptors (Lipinski definition) is 3. The van der Waals surface area contributed by atoms with Gasteiger partial charge in [-0.05, 0) is 36.3 Å². The third-order valence-corrected chi connectivity index (χ3v) is 4.81. The third kappa shape index (κ3) is 2.90. The Morgan fingerprint density at radius 2 is 2.42 bits per heavy atom. The molecule has 0 spiro atoms. The van der Waals surface area contributed by atoms with Crippen LogP contribution in [0.3, 0.4) is 0 Å². The van der Waals surface area contributed by atoms with Crippen molar-refractivity contribution in [3.05, 3.63) is 28.5 Å². The largest absolute Gasteiger partial charge is 0.381 e. The molecule has 3 heterocycles. The monoisotopic (exact) mass is 277 g/mol. The summed E-state index contributed by atoms with van der Waals surface area (Å²) in [5.41, 5.74) is 1.39. The minimum absolute atomic E-state index is 0.0884. The Hall–Kier alpha value is -1.13. The van der Waals surface area contributed by atoms with Gasteiger partial charge >= 0.3 is 0 Å². The molecule has 0 unspecified atom stereocenters. The van der Waals surface area contributed by atoms with E-state index in [0.717, 1.165) is 39.0 Å². The summed E-state index contributed by atoms with van der Waals surface area (Å²) >= 11 is 1.78. The molecule has 0 N–H and O–H groups in total. The van der Waals surface area contributed by atoms with Crippen LogP contribution in [0, 0.1) is 5.92 Å². The van der Waals surface area contributed by atoms with Crippen molar-refractivity contribution in [2.24, 2.45) is 5.92 Å². The molecule has 1 fully saturated rings. The van der Waals surface area contributed by atoms with E-state index in [-0.39, 0.29) is 11.8 Å². The smallest absolute Gasteiger partial charge is 0.228 e. The Morgan fingerprint density at radius 3 is 3.05 bits per heavy atom. The van der Waals surface area contributed by atoms with E-state index in [2.05, 4.69) is 23.6 Å². The molecule has 1 atom stereocenters. The second kappa shape index (κ2) is 5.88. The van der Waals surface area contributed by atoms with Crippen LogP contribution in [0.2, 0.25) is 0 Å². The van der Waals surface area contributed by atoms with E-state index in [1.54, 1.807) is 11.3 Å². The van der Waals surface area contributed by atoms with Gasteiger partial charge in [0.15, 0.2) is 0 Å². The fourth-order valence-corrected chi connectivity index (χ4v) is 3.55. The van der Waals surface area contributed by atoms with E-state index >= 15 is 0 Å². The van der Waals surface area contributed by atoms with Crippen LogP contribution in [0.25, 0.3) is 5.57 Å². The summed E-state index contributed by atoms with van der Waals surface area (Å²) in [5.74, 6) is 0.367. The van der Waals surface area contributed by atoms with Crippen molar-refractivity contribution in [1.82, 2.24) is 4.90 Å². The summed E-state index contributed by atoms with van der Waals surface area (Å²) in [6, 6.07) is 4.24. The zero-order valence-electron chi connectivity index (χ0n) is 11.0. The van der Waals surface area contributed by atoms with Gasteiger partial charge in [0.1, 0.15) is 0 Å². The number of carbonyl (C=O) groups is 1. The summed E-state index contributed by atoms with van der Waals surface area (Å²) in [7, 11) is 0. The van der Waals surface area contributed by atoms with Gasteiger partial charge in [0.2, 0.25) is 5.91 Å². The van der Waals surface area contributed by atoms with E-state index < -0.39 is 0 Å². The van der Waals surface area contributed by atoms with Gasteiger partial charge in [-0.15, -0.1) is 11.3 Å². The molecule has 1 amide bonds. The zero-order valence-corrected chi connectivity index (χ0v) is 11.8. The summed E-state index contributed by atoms with van der Waals surface area (Å²) in [5, 5.41) is 2.10. The third-order valence-electron chi connectivity index (χ3n) is 3.87. The Balaban J connectivity index is 1.61. The highest BCUT2D eigenvalue weighted by atomic mass is 32.1. The standard InChI is InChI=1S/C15H19NO2S/c17-15(13-3-1-9-18-11-13)16-7-5-12(6-8-16)14-4-2-10-19-14/h2,4-5,10,13H,1,3,6-9,11H2/t13-/m0/s1. The van der Waals surface area contributed by atoms with Gasteiger partial charge in [0, 0.05) is 24.6 Å². The highest BCUT2D eigenvalue weighted by molar-refractivity contribution is 7.11. The van der Waals surface area contributed by atoms with E-state index in [1.165, 1.54) is 10.5 Å². The first-order chi connectivity index (χ1) is 9.34. The molecule has 3 nitrogen and oxygen atoms in total. The van der Waals surface area contributed by atoms with Crippen LogP contribution in [0.1, 0.15) is 24.1 Å². The molecule has 4 heteroatoms. The molecule has 1 saturated heterocycles. The molecule has 2 aliphatic rings. The Morgan fingerprint density at radius 1 is 1.47 bits per heavy atom. The average Bonchev–Trinajstić information content (AvgIpc) is 3.02. The van der Waals surface area contributed by atoms with Crippen LogP contribution in [0.4, 0.5) is 0 Å². The molecule has 0 saturated carbocycles. The molecular weight excluding hydrogens is 258 g/mol. The molecule has 0 aliphatic carbocycles. The second-order valence-electron chi connectivity index (χ2n) is 5.15. The summed E-state index contributed by atoms with van der Waals surface area (Å²) in [6.07, 6.45) is 5.17. The lowest BCUT2D eigenvalue weighted by Crippen LogP contribution is -2.41. The number of carbonyl (C=O) groups excluding carboxylic acids is 1. The Bertz CT molecular complexity index is 460. The maximum absolute atomic E-state index is 12.4. The first-order valence-corrected chi connectivity index (χ1v) is 7.82. The van der Waals surface area contributed by atoms with Gasteiger partial charge in [-0.25, -0.2) is 0 Å². The van der Waals surface area contributed by atoms with Gasteiger partial charge in [-0.2, -0.15) is 0 Å². The predicted octanol–water partition coefficient (Wildman–Crippen LogP) is 2.79. The molecule has 0 bridgehead atoms. The lowest BCUT2D eigenvalue weighted by atomic mass is 9.99. The molecule has 0 radical (unpaired) electrons. The normalized spacial score (nSPS) is 24.1. The maximum Gasteiger partial charge on any atom is 0.228 e. The number of nitrogens with zero attached hydrogens (tertiary/aromatic N) is 1. The quantitative estimate of drug-likeness (QED) is 0.832. The first kappa shape index (κ1) is 12.9. The summed E-state index contributed by atoms with van der Waals surface area (Å²) < 4.78 is 5.41. The maximum atomic E-state index is 12.4. The zero-order chi connectivity index (χ0) is 13.1. The molecular formula is C15H19NO2S. The fraction of sp³-hybridized carbons (Fsp3) is 0.533. The van der Waals surface area contributed by atoms with Crippen LogP contribution < -0.4 is 0 Å². The van der Waals surface area contributed by atoms with Crippen LogP contribution >= 0.6 is 11.3 Å².